The van der Waals surface area contributed by atoms with Crippen LogP contribution in [0.1, 0.15) is 41.4 Å². The molecule has 1 fully saturated rings. The summed E-state index contributed by atoms with van der Waals surface area (Å²) in [6, 6.07) is 8.15. The summed E-state index contributed by atoms with van der Waals surface area (Å²) < 4.78 is 18.2. The van der Waals surface area contributed by atoms with Gasteiger partial charge in [0, 0.05) is 29.1 Å². The van der Waals surface area contributed by atoms with Gasteiger partial charge in [-0.1, -0.05) is 0 Å². The van der Waals surface area contributed by atoms with Crippen LogP contribution in [0.15, 0.2) is 30.3 Å². The molecule has 3 rings (SSSR count). The Bertz CT molecular complexity index is 831. The minimum absolute atomic E-state index is 0.130. The summed E-state index contributed by atoms with van der Waals surface area (Å²) in [5.74, 6) is 0.974. The Morgan fingerprint density at radius 1 is 1.19 bits per heavy atom. The smallest absolute Gasteiger partial charge is 0.331 e. The van der Waals surface area contributed by atoms with Gasteiger partial charge in [-0.3, -0.25) is 0 Å². The van der Waals surface area contributed by atoms with E-state index in [1.54, 1.807) is 32.4 Å². The SMILES string of the molecule is COc1ccc(OC)c(COC(=O)/C=C/c2cc(C)n(C3CC3)c2C)c1. The van der Waals surface area contributed by atoms with E-state index in [0.29, 0.717) is 17.5 Å². The molecule has 5 heteroatoms. The molecule has 1 aromatic heterocycles. The van der Waals surface area contributed by atoms with Crippen molar-refractivity contribution >= 4 is 12.0 Å². The Balaban J connectivity index is 1.64. The lowest BCUT2D eigenvalue weighted by Crippen LogP contribution is -2.03. The second-order valence-electron chi connectivity index (χ2n) is 6.55. The number of benzene rings is 1. The van der Waals surface area contributed by atoms with Gasteiger partial charge < -0.3 is 18.8 Å². The summed E-state index contributed by atoms with van der Waals surface area (Å²) in [7, 11) is 3.18. The molecule has 0 aliphatic heterocycles. The first-order valence-electron chi connectivity index (χ1n) is 8.77. The van der Waals surface area contributed by atoms with E-state index in [0.717, 1.165) is 11.1 Å². The van der Waals surface area contributed by atoms with Gasteiger partial charge in [0.05, 0.1) is 14.2 Å². The van der Waals surface area contributed by atoms with E-state index in [1.165, 1.54) is 30.3 Å². The zero-order valence-corrected chi connectivity index (χ0v) is 15.7. The van der Waals surface area contributed by atoms with Crippen molar-refractivity contribution in [2.45, 2.75) is 39.3 Å². The second-order valence-corrected chi connectivity index (χ2v) is 6.55. The highest BCUT2D eigenvalue weighted by atomic mass is 16.5. The van der Waals surface area contributed by atoms with Crippen molar-refractivity contribution in [2.24, 2.45) is 0 Å². The highest BCUT2D eigenvalue weighted by Crippen LogP contribution is 2.38. The summed E-state index contributed by atoms with van der Waals surface area (Å²) in [5, 5.41) is 0. The lowest BCUT2D eigenvalue weighted by Gasteiger charge is -2.10. The van der Waals surface area contributed by atoms with Crippen LogP contribution in [0.5, 0.6) is 11.5 Å². The number of rotatable bonds is 7. The zero-order valence-electron chi connectivity index (χ0n) is 15.7. The fourth-order valence-corrected chi connectivity index (χ4v) is 3.22. The minimum atomic E-state index is -0.383. The van der Waals surface area contributed by atoms with Gasteiger partial charge in [0.15, 0.2) is 0 Å². The average molecular weight is 355 g/mol. The van der Waals surface area contributed by atoms with Crippen molar-refractivity contribution < 1.29 is 19.0 Å². The number of hydrogen-bond donors (Lipinski definition) is 0. The largest absolute Gasteiger partial charge is 0.497 e. The predicted octanol–water partition coefficient (Wildman–Crippen LogP) is 4.21. The van der Waals surface area contributed by atoms with Crippen LogP contribution in [-0.4, -0.2) is 24.8 Å². The molecule has 2 aromatic rings. The van der Waals surface area contributed by atoms with Crippen LogP contribution in [-0.2, 0) is 16.1 Å². The maximum Gasteiger partial charge on any atom is 0.331 e. The molecule has 1 saturated carbocycles. The molecule has 1 aromatic carbocycles. The van der Waals surface area contributed by atoms with Gasteiger partial charge in [-0.2, -0.15) is 0 Å². The molecule has 0 bridgehead atoms. The number of aryl methyl sites for hydroxylation is 1. The second kappa shape index (κ2) is 7.68. The molecule has 26 heavy (non-hydrogen) atoms. The first-order chi connectivity index (χ1) is 12.5. The van der Waals surface area contributed by atoms with Crippen molar-refractivity contribution in [1.29, 1.82) is 0 Å². The van der Waals surface area contributed by atoms with Crippen LogP contribution in [0.3, 0.4) is 0 Å². The van der Waals surface area contributed by atoms with Gasteiger partial charge in [0.25, 0.3) is 0 Å². The fraction of sp³-hybridized carbons (Fsp3) is 0.381. The zero-order chi connectivity index (χ0) is 18.7. The van der Waals surface area contributed by atoms with Crippen LogP contribution in [0, 0.1) is 13.8 Å². The number of carbonyl (C=O) groups is 1. The van der Waals surface area contributed by atoms with E-state index in [2.05, 4.69) is 24.5 Å². The number of methoxy groups -OCH3 is 2. The van der Waals surface area contributed by atoms with Crippen LogP contribution >= 0.6 is 0 Å². The van der Waals surface area contributed by atoms with E-state index in [1.807, 2.05) is 6.08 Å². The van der Waals surface area contributed by atoms with Crippen LogP contribution in [0.2, 0.25) is 0 Å². The van der Waals surface area contributed by atoms with E-state index >= 15 is 0 Å². The Kier molecular flexibility index (Phi) is 5.35. The fourth-order valence-electron chi connectivity index (χ4n) is 3.22. The quantitative estimate of drug-likeness (QED) is 0.551. The van der Waals surface area contributed by atoms with Gasteiger partial charge >= 0.3 is 5.97 Å². The van der Waals surface area contributed by atoms with Gasteiger partial charge in [-0.15, -0.1) is 0 Å². The number of hydrogen-bond acceptors (Lipinski definition) is 4. The molecule has 0 amide bonds. The molecule has 0 spiro atoms. The Labute approximate surface area is 154 Å². The number of aromatic nitrogens is 1. The lowest BCUT2D eigenvalue weighted by atomic mass is 10.2. The molecule has 1 aliphatic rings. The number of ether oxygens (including phenoxy) is 3. The summed E-state index contributed by atoms with van der Waals surface area (Å²) in [6.07, 6.45) is 5.78. The topological polar surface area (TPSA) is 49.7 Å². The van der Waals surface area contributed by atoms with Crippen molar-refractivity contribution in [3.8, 4) is 11.5 Å². The van der Waals surface area contributed by atoms with Crippen LogP contribution in [0.25, 0.3) is 6.08 Å². The van der Waals surface area contributed by atoms with Crippen LogP contribution < -0.4 is 9.47 Å². The average Bonchev–Trinajstić information content (AvgIpc) is 3.43. The third-order valence-corrected chi connectivity index (χ3v) is 4.69. The third kappa shape index (κ3) is 3.93. The third-order valence-electron chi connectivity index (χ3n) is 4.69. The highest BCUT2D eigenvalue weighted by molar-refractivity contribution is 5.87. The molecule has 5 nitrogen and oxygen atoms in total. The molecule has 1 heterocycles. The summed E-state index contributed by atoms with van der Waals surface area (Å²) in [6.45, 7) is 4.33. The van der Waals surface area contributed by atoms with Crippen LogP contribution in [0.4, 0.5) is 0 Å². The lowest BCUT2D eigenvalue weighted by molar-refractivity contribution is -0.138. The van der Waals surface area contributed by atoms with Gasteiger partial charge in [0.1, 0.15) is 18.1 Å². The number of carbonyl (C=O) groups excluding carboxylic acids is 1. The standard InChI is InChI=1S/C21H25NO4/c1-14-11-16(15(2)22(14)18-6-7-18)5-10-21(23)26-13-17-12-19(24-3)8-9-20(17)25-4/h5,8-12,18H,6-7,13H2,1-4H3/b10-5+. The summed E-state index contributed by atoms with van der Waals surface area (Å²) in [4.78, 5) is 12.1. The number of esters is 1. The van der Waals surface area contributed by atoms with E-state index in [4.69, 9.17) is 14.2 Å². The molecule has 138 valence electrons. The van der Waals surface area contributed by atoms with E-state index < -0.39 is 0 Å². The van der Waals surface area contributed by atoms with Gasteiger partial charge in [-0.05, 0) is 62.6 Å². The Hall–Kier alpha value is -2.69. The minimum Gasteiger partial charge on any atom is -0.497 e. The predicted molar refractivity (Wildman–Crippen MR) is 101 cm³/mol. The normalized spacial score (nSPS) is 13.8. The molecule has 0 atom stereocenters. The van der Waals surface area contributed by atoms with E-state index in [-0.39, 0.29) is 12.6 Å². The number of nitrogens with zero attached hydrogens (tertiary/aromatic N) is 1. The molecule has 0 N–H and O–H groups in total. The summed E-state index contributed by atoms with van der Waals surface area (Å²) in [5.41, 5.74) is 4.26. The maximum atomic E-state index is 12.1. The monoisotopic (exact) mass is 355 g/mol. The van der Waals surface area contributed by atoms with Crippen molar-refractivity contribution in [3.63, 3.8) is 0 Å². The Morgan fingerprint density at radius 2 is 1.96 bits per heavy atom. The van der Waals surface area contributed by atoms with Gasteiger partial charge in [0.2, 0.25) is 0 Å². The first-order valence-corrected chi connectivity index (χ1v) is 8.77. The summed E-state index contributed by atoms with van der Waals surface area (Å²) >= 11 is 0. The molecule has 0 saturated heterocycles. The van der Waals surface area contributed by atoms with Crippen molar-refractivity contribution in [2.75, 3.05) is 14.2 Å². The maximum absolute atomic E-state index is 12.1. The molecule has 0 unspecified atom stereocenters. The van der Waals surface area contributed by atoms with Crippen molar-refractivity contribution in [1.82, 2.24) is 4.57 Å². The molecular weight excluding hydrogens is 330 g/mol. The molecule has 0 radical (unpaired) electrons. The van der Waals surface area contributed by atoms with Crippen molar-refractivity contribution in [3.05, 3.63) is 52.9 Å². The first kappa shape index (κ1) is 18.1. The Morgan fingerprint density at radius 3 is 2.62 bits per heavy atom. The van der Waals surface area contributed by atoms with E-state index in [9.17, 15) is 4.79 Å². The van der Waals surface area contributed by atoms with Gasteiger partial charge in [-0.25, -0.2) is 4.79 Å². The highest BCUT2D eigenvalue weighted by Gasteiger charge is 2.26. The molecule has 1 aliphatic carbocycles. The molecular formula is C21H25NO4.